The minimum Gasteiger partial charge on any atom is -0.310 e. The van der Waals surface area contributed by atoms with Crippen molar-refractivity contribution in [1.29, 1.82) is 0 Å². The summed E-state index contributed by atoms with van der Waals surface area (Å²) in [7, 11) is 2.23. The van der Waals surface area contributed by atoms with Crippen LogP contribution in [0.15, 0.2) is 30.3 Å². The molecule has 2 nitrogen and oxygen atoms in total. The highest BCUT2D eigenvalue weighted by atomic mass is 15.2. The summed E-state index contributed by atoms with van der Waals surface area (Å²) in [6.07, 6.45) is 1.25. The molecular formula is C15H24N2. The quantitative estimate of drug-likeness (QED) is 0.861. The van der Waals surface area contributed by atoms with E-state index in [0.29, 0.717) is 12.1 Å². The molecule has 17 heavy (non-hydrogen) atoms. The average Bonchev–Trinajstić information content (AvgIpc) is 2.33. The summed E-state index contributed by atoms with van der Waals surface area (Å²) in [5, 5.41) is 3.71. The lowest BCUT2D eigenvalue weighted by atomic mass is 9.90. The Labute approximate surface area is 105 Å². The summed E-state index contributed by atoms with van der Waals surface area (Å²) in [5.41, 5.74) is 1.38. The highest BCUT2D eigenvalue weighted by Crippen LogP contribution is 2.20. The second-order valence-electron chi connectivity index (χ2n) is 5.47. The van der Waals surface area contributed by atoms with Gasteiger partial charge in [-0.05, 0) is 31.9 Å². The Morgan fingerprint density at radius 3 is 2.65 bits per heavy atom. The van der Waals surface area contributed by atoms with Gasteiger partial charge in [-0.1, -0.05) is 37.3 Å². The van der Waals surface area contributed by atoms with Crippen molar-refractivity contribution < 1.29 is 0 Å². The Kier molecular flexibility index (Phi) is 4.19. The van der Waals surface area contributed by atoms with Gasteiger partial charge < -0.3 is 10.2 Å². The molecule has 0 spiro atoms. The van der Waals surface area contributed by atoms with E-state index < -0.39 is 0 Å². The first-order valence-corrected chi connectivity index (χ1v) is 6.64. The molecule has 1 aliphatic heterocycles. The molecule has 1 fully saturated rings. The lowest BCUT2D eigenvalue weighted by molar-refractivity contribution is 0.121. The van der Waals surface area contributed by atoms with Gasteiger partial charge in [0.2, 0.25) is 0 Å². The first kappa shape index (κ1) is 12.6. The normalized spacial score (nSPS) is 30.4. The Hall–Kier alpha value is -0.860. The highest BCUT2D eigenvalue weighted by Gasteiger charge is 2.28. The minimum absolute atomic E-state index is 0.654. The lowest BCUT2D eigenvalue weighted by Gasteiger charge is -2.40. The molecule has 3 atom stereocenters. The molecule has 0 amide bonds. The van der Waals surface area contributed by atoms with Gasteiger partial charge in [-0.25, -0.2) is 0 Å². The summed E-state index contributed by atoms with van der Waals surface area (Å²) in [5.74, 6) is 0.736. The number of benzene rings is 1. The van der Waals surface area contributed by atoms with Crippen LogP contribution in [-0.4, -0.2) is 30.6 Å². The molecule has 1 heterocycles. The molecule has 0 aromatic heterocycles. The van der Waals surface area contributed by atoms with Gasteiger partial charge >= 0.3 is 0 Å². The number of nitrogens with zero attached hydrogens (tertiary/aromatic N) is 1. The van der Waals surface area contributed by atoms with E-state index in [0.717, 1.165) is 12.5 Å². The Bertz CT molecular complexity index is 336. The van der Waals surface area contributed by atoms with Crippen molar-refractivity contribution in [2.75, 3.05) is 13.6 Å². The molecule has 0 aliphatic carbocycles. The summed E-state index contributed by atoms with van der Waals surface area (Å²) in [6, 6.07) is 12.0. The number of rotatable bonds is 3. The van der Waals surface area contributed by atoms with Gasteiger partial charge in [-0.15, -0.1) is 0 Å². The van der Waals surface area contributed by atoms with Gasteiger partial charge in [0.1, 0.15) is 0 Å². The van der Waals surface area contributed by atoms with E-state index in [1.54, 1.807) is 0 Å². The third-order valence-corrected chi connectivity index (χ3v) is 4.02. The molecule has 0 bridgehead atoms. The third-order valence-electron chi connectivity index (χ3n) is 4.02. The second kappa shape index (κ2) is 5.65. The lowest BCUT2D eigenvalue weighted by Crippen LogP contribution is -2.50. The van der Waals surface area contributed by atoms with Crippen LogP contribution in [0.2, 0.25) is 0 Å². The summed E-state index contributed by atoms with van der Waals surface area (Å²) < 4.78 is 0. The van der Waals surface area contributed by atoms with Crippen molar-refractivity contribution >= 4 is 0 Å². The van der Waals surface area contributed by atoms with E-state index in [-0.39, 0.29) is 0 Å². The summed E-state index contributed by atoms with van der Waals surface area (Å²) in [4.78, 5) is 2.46. The van der Waals surface area contributed by atoms with Crippen LogP contribution in [0, 0.1) is 5.92 Å². The molecule has 1 aromatic rings. The number of likely N-dealkylation sites (tertiary alicyclic amines) is 1. The number of piperidine rings is 1. The number of nitrogens with one attached hydrogen (secondary N) is 1. The molecule has 1 saturated heterocycles. The molecule has 0 radical (unpaired) electrons. The van der Waals surface area contributed by atoms with Crippen molar-refractivity contribution in [1.82, 2.24) is 10.2 Å². The molecule has 1 aliphatic rings. The minimum atomic E-state index is 0.654. The smallest absolute Gasteiger partial charge is 0.0208 e. The number of hydrogen-bond donors (Lipinski definition) is 1. The number of hydrogen-bond acceptors (Lipinski definition) is 2. The van der Waals surface area contributed by atoms with Crippen molar-refractivity contribution in [3.8, 4) is 0 Å². The van der Waals surface area contributed by atoms with Crippen molar-refractivity contribution in [2.45, 2.75) is 38.9 Å². The molecule has 2 rings (SSSR count). The topological polar surface area (TPSA) is 15.3 Å². The van der Waals surface area contributed by atoms with E-state index in [9.17, 15) is 0 Å². The fraction of sp³-hybridized carbons (Fsp3) is 0.600. The van der Waals surface area contributed by atoms with Gasteiger partial charge in [-0.2, -0.15) is 0 Å². The van der Waals surface area contributed by atoms with Crippen molar-refractivity contribution in [3.05, 3.63) is 35.9 Å². The maximum Gasteiger partial charge on any atom is 0.0208 e. The molecule has 0 saturated carbocycles. The highest BCUT2D eigenvalue weighted by molar-refractivity contribution is 5.14. The van der Waals surface area contributed by atoms with E-state index in [1.165, 1.54) is 18.5 Å². The molecule has 1 aromatic carbocycles. The Balaban J connectivity index is 1.87. The third kappa shape index (κ3) is 3.30. The molecule has 94 valence electrons. The molecule has 1 N–H and O–H groups in total. The second-order valence-corrected chi connectivity index (χ2v) is 5.47. The summed E-state index contributed by atoms with van der Waals surface area (Å²) >= 11 is 0. The van der Waals surface area contributed by atoms with Crippen LogP contribution in [0.5, 0.6) is 0 Å². The van der Waals surface area contributed by atoms with Crippen LogP contribution in [0.4, 0.5) is 0 Å². The fourth-order valence-corrected chi connectivity index (χ4v) is 2.67. The van der Waals surface area contributed by atoms with Crippen LogP contribution in [0.1, 0.15) is 25.8 Å². The standard InChI is InChI=1S/C15H24N2/c1-12-11-17(3)13(2)9-15(12)16-10-14-7-5-4-6-8-14/h4-8,12-13,15-16H,9-11H2,1-3H3/t12-,13+,15-/m1/s1. The SMILES string of the molecule is C[C@@H]1CN(C)[C@@H](C)C[C@H]1NCc1ccccc1. The molecular weight excluding hydrogens is 208 g/mol. The first-order chi connectivity index (χ1) is 8.16. The van der Waals surface area contributed by atoms with Gasteiger partial charge in [0.25, 0.3) is 0 Å². The van der Waals surface area contributed by atoms with Crippen LogP contribution in [0.25, 0.3) is 0 Å². The maximum absolute atomic E-state index is 3.71. The monoisotopic (exact) mass is 232 g/mol. The van der Waals surface area contributed by atoms with Gasteiger partial charge in [0.05, 0.1) is 0 Å². The summed E-state index contributed by atoms with van der Waals surface area (Å²) in [6.45, 7) is 6.87. The van der Waals surface area contributed by atoms with Crippen LogP contribution < -0.4 is 5.32 Å². The largest absolute Gasteiger partial charge is 0.310 e. The fourth-order valence-electron chi connectivity index (χ4n) is 2.67. The first-order valence-electron chi connectivity index (χ1n) is 6.64. The Morgan fingerprint density at radius 1 is 1.24 bits per heavy atom. The van der Waals surface area contributed by atoms with Gasteiger partial charge in [0.15, 0.2) is 0 Å². The maximum atomic E-state index is 3.71. The van der Waals surface area contributed by atoms with E-state index in [4.69, 9.17) is 0 Å². The predicted molar refractivity (Wildman–Crippen MR) is 72.9 cm³/mol. The zero-order valence-corrected chi connectivity index (χ0v) is 11.2. The zero-order valence-electron chi connectivity index (χ0n) is 11.2. The van der Waals surface area contributed by atoms with E-state index >= 15 is 0 Å². The van der Waals surface area contributed by atoms with E-state index in [1.807, 2.05) is 0 Å². The zero-order chi connectivity index (χ0) is 12.3. The molecule has 0 unspecified atom stereocenters. The van der Waals surface area contributed by atoms with Crippen LogP contribution in [0.3, 0.4) is 0 Å². The van der Waals surface area contributed by atoms with Gasteiger partial charge in [-0.3, -0.25) is 0 Å². The Morgan fingerprint density at radius 2 is 1.94 bits per heavy atom. The van der Waals surface area contributed by atoms with Crippen molar-refractivity contribution in [2.24, 2.45) is 5.92 Å². The van der Waals surface area contributed by atoms with Gasteiger partial charge in [0, 0.05) is 25.2 Å². The van der Waals surface area contributed by atoms with Crippen molar-refractivity contribution in [3.63, 3.8) is 0 Å². The predicted octanol–water partition coefficient (Wildman–Crippen LogP) is 2.50. The van der Waals surface area contributed by atoms with Crippen LogP contribution in [-0.2, 0) is 6.54 Å². The average molecular weight is 232 g/mol. The van der Waals surface area contributed by atoms with Crippen LogP contribution >= 0.6 is 0 Å². The molecule has 2 heteroatoms. The van der Waals surface area contributed by atoms with E-state index in [2.05, 4.69) is 61.4 Å².